The van der Waals surface area contributed by atoms with Crippen molar-refractivity contribution in [3.05, 3.63) is 66.4 Å². The SMILES string of the molecule is CC(C)N1CC(C(=O)Nc2ccc(Oc3ccnc4[nH]nc(NC[C@H](C)O)c34)c(F)c2)C(=O)N(c2ccc(F)cc2)C1=O. The van der Waals surface area contributed by atoms with E-state index in [0.717, 1.165) is 23.1 Å². The predicted octanol–water partition coefficient (Wildman–Crippen LogP) is 4.25. The van der Waals surface area contributed by atoms with Crippen molar-refractivity contribution in [2.24, 2.45) is 5.92 Å². The lowest BCUT2D eigenvalue weighted by Gasteiger charge is -2.39. The highest BCUT2D eigenvalue weighted by Crippen LogP contribution is 2.35. The summed E-state index contributed by atoms with van der Waals surface area (Å²) in [6, 6.07) is 9.12. The molecule has 4 aromatic rings. The van der Waals surface area contributed by atoms with Gasteiger partial charge in [-0.1, -0.05) is 0 Å². The van der Waals surface area contributed by atoms with Gasteiger partial charge in [-0.05, 0) is 57.2 Å². The summed E-state index contributed by atoms with van der Waals surface area (Å²) < 4.78 is 34.5. The number of benzene rings is 2. The second-order valence-corrected chi connectivity index (χ2v) is 10.3. The van der Waals surface area contributed by atoms with E-state index in [0.29, 0.717) is 16.9 Å². The third-order valence-corrected chi connectivity index (χ3v) is 6.77. The number of aromatic nitrogens is 3. The number of amides is 4. The maximum absolute atomic E-state index is 15.2. The summed E-state index contributed by atoms with van der Waals surface area (Å²) >= 11 is 0. The van der Waals surface area contributed by atoms with Gasteiger partial charge in [0.05, 0.1) is 11.8 Å². The number of hydrogen-bond donors (Lipinski definition) is 4. The maximum atomic E-state index is 15.2. The van der Waals surface area contributed by atoms with Gasteiger partial charge in [0.25, 0.3) is 0 Å². The molecule has 224 valence electrons. The molecule has 43 heavy (non-hydrogen) atoms. The van der Waals surface area contributed by atoms with Crippen LogP contribution >= 0.6 is 0 Å². The highest BCUT2D eigenvalue weighted by atomic mass is 19.1. The predicted molar refractivity (Wildman–Crippen MR) is 154 cm³/mol. The molecule has 2 aromatic heterocycles. The Morgan fingerprint density at radius 1 is 1.12 bits per heavy atom. The molecule has 14 heteroatoms. The lowest BCUT2D eigenvalue weighted by molar-refractivity contribution is -0.132. The molecule has 4 amide bonds. The quantitative estimate of drug-likeness (QED) is 0.210. The molecule has 2 atom stereocenters. The van der Waals surface area contributed by atoms with Gasteiger partial charge in [-0.25, -0.2) is 23.5 Å². The van der Waals surface area contributed by atoms with Gasteiger partial charge in [-0.2, -0.15) is 5.10 Å². The molecule has 3 heterocycles. The molecule has 12 nitrogen and oxygen atoms in total. The van der Waals surface area contributed by atoms with E-state index in [2.05, 4.69) is 25.8 Å². The van der Waals surface area contributed by atoms with E-state index in [1.54, 1.807) is 20.8 Å². The minimum absolute atomic E-state index is 0.0615. The summed E-state index contributed by atoms with van der Waals surface area (Å²) in [6.45, 7) is 5.12. The van der Waals surface area contributed by atoms with Crippen molar-refractivity contribution in [1.29, 1.82) is 0 Å². The molecular weight excluding hydrogens is 564 g/mol. The molecule has 0 aliphatic carbocycles. The van der Waals surface area contributed by atoms with Gasteiger partial charge in [0.15, 0.2) is 23.0 Å². The lowest BCUT2D eigenvalue weighted by atomic mass is 10.0. The summed E-state index contributed by atoms with van der Waals surface area (Å²) in [4.78, 5) is 46.1. The average molecular weight is 594 g/mol. The molecule has 0 bridgehead atoms. The Kier molecular flexibility index (Phi) is 8.21. The molecule has 1 saturated heterocycles. The Morgan fingerprint density at radius 3 is 2.53 bits per heavy atom. The monoisotopic (exact) mass is 593 g/mol. The number of H-pyrrole nitrogens is 1. The number of urea groups is 1. The van der Waals surface area contributed by atoms with Crippen molar-refractivity contribution in [3.63, 3.8) is 0 Å². The number of pyridine rings is 1. The number of halogens is 2. The first-order chi connectivity index (χ1) is 20.5. The summed E-state index contributed by atoms with van der Waals surface area (Å²) in [7, 11) is 0. The van der Waals surface area contributed by atoms with E-state index in [4.69, 9.17) is 4.74 Å². The number of ether oxygens (including phenoxy) is 1. The molecule has 1 aliphatic heterocycles. The first kappa shape index (κ1) is 29.4. The zero-order valence-electron chi connectivity index (χ0n) is 23.5. The smallest absolute Gasteiger partial charge is 0.331 e. The van der Waals surface area contributed by atoms with Crippen LogP contribution in [-0.4, -0.2) is 68.3 Å². The minimum Gasteiger partial charge on any atom is -0.453 e. The maximum Gasteiger partial charge on any atom is 0.331 e. The zero-order valence-corrected chi connectivity index (χ0v) is 23.5. The molecule has 0 saturated carbocycles. The number of anilines is 3. The molecule has 0 spiro atoms. The molecule has 4 N–H and O–H groups in total. The minimum atomic E-state index is -1.30. The number of nitrogens with zero attached hydrogens (tertiary/aromatic N) is 4. The number of rotatable bonds is 9. The second kappa shape index (κ2) is 12.0. The zero-order chi connectivity index (χ0) is 30.8. The molecular formula is C29H29F2N7O5. The van der Waals surface area contributed by atoms with Crippen LogP contribution in [0.3, 0.4) is 0 Å². The van der Waals surface area contributed by atoms with Gasteiger partial charge < -0.3 is 25.4 Å². The van der Waals surface area contributed by atoms with Gasteiger partial charge in [0.2, 0.25) is 11.8 Å². The molecule has 1 fully saturated rings. The Labute approximate surface area is 244 Å². The van der Waals surface area contributed by atoms with E-state index in [1.165, 1.54) is 41.4 Å². The first-order valence-corrected chi connectivity index (χ1v) is 13.5. The molecule has 0 radical (unpaired) electrons. The van der Waals surface area contributed by atoms with Crippen LogP contribution in [0.15, 0.2) is 54.7 Å². The van der Waals surface area contributed by atoms with Crippen LogP contribution < -0.4 is 20.3 Å². The number of fused-ring (bicyclic) bond motifs is 1. The number of aliphatic hydroxyl groups excluding tert-OH is 1. The normalized spacial score (nSPS) is 16.1. The van der Waals surface area contributed by atoms with E-state index in [-0.39, 0.29) is 42.0 Å². The number of carbonyl (C=O) groups excluding carboxylic acids is 3. The second-order valence-electron chi connectivity index (χ2n) is 10.3. The average Bonchev–Trinajstić information content (AvgIpc) is 3.38. The highest BCUT2D eigenvalue weighted by Gasteiger charge is 2.44. The van der Waals surface area contributed by atoms with Crippen LogP contribution in [-0.2, 0) is 9.59 Å². The summed E-state index contributed by atoms with van der Waals surface area (Å²) in [5.74, 6) is -3.72. The fraction of sp³-hybridized carbons (Fsp3) is 0.276. The summed E-state index contributed by atoms with van der Waals surface area (Å²) in [5.41, 5.74) is 0.571. The van der Waals surface area contributed by atoms with Gasteiger partial charge >= 0.3 is 6.03 Å². The van der Waals surface area contributed by atoms with Crippen molar-refractivity contribution < 1.29 is 33.0 Å². The van der Waals surface area contributed by atoms with Crippen LogP contribution in [0.1, 0.15) is 20.8 Å². The number of hydrogen-bond acceptors (Lipinski definition) is 8. The van der Waals surface area contributed by atoms with Crippen LogP contribution in [0.4, 0.5) is 30.8 Å². The Balaban J connectivity index is 1.35. The number of imide groups is 1. The van der Waals surface area contributed by atoms with Crippen molar-refractivity contribution in [3.8, 4) is 11.5 Å². The number of aromatic amines is 1. The Morgan fingerprint density at radius 2 is 1.86 bits per heavy atom. The van der Waals surface area contributed by atoms with Gasteiger partial charge in [-0.3, -0.25) is 14.7 Å². The summed E-state index contributed by atoms with van der Waals surface area (Å²) in [6.07, 6.45) is 0.819. The lowest BCUT2D eigenvalue weighted by Crippen LogP contribution is -2.61. The van der Waals surface area contributed by atoms with Crippen molar-refractivity contribution in [2.45, 2.75) is 32.9 Å². The first-order valence-electron chi connectivity index (χ1n) is 13.5. The number of nitrogens with one attached hydrogen (secondary N) is 3. The van der Waals surface area contributed by atoms with Crippen LogP contribution in [0, 0.1) is 17.6 Å². The molecule has 1 unspecified atom stereocenters. The van der Waals surface area contributed by atoms with Crippen LogP contribution in [0.25, 0.3) is 11.0 Å². The van der Waals surface area contributed by atoms with E-state index < -0.39 is 41.5 Å². The third kappa shape index (κ3) is 6.09. The number of aliphatic hydroxyl groups is 1. The van der Waals surface area contributed by atoms with Crippen molar-refractivity contribution in [2.75, 3.05) is 28.6 Å². The standard InChI is InChI=1S/C29H29F2N7O5/c1-15(2)37-14-20(28(41)38(29(37)42)19-7-4-17(30)5-8-19)27(40)34-18-6-9-22(21(31)12-18)43-23-10-11-32-25-24(23)26(36-35-25)33-13-16(3)39/h4-12,15-16,20,39H,13-14H2,1-3H3,(H,34,40)(H2,32,33,35,36)/t16-,20?/m0/s1. The van der Waals surface area contributed by atoms with Crippen molar-refractivity contribution >= 4 is 46.1 Å². The molecule has 5 rings (SSSR count). The number of carbonyl (C=O) groups is 3. The van der Waals surface area contributed by atoms with Crippen molar-refractivity contribution in [1.82, 2.24) is 20.1 Å². The Hall–Kier alpha value is -5.11. The highest BCUT2D eigenvalue weighted by molar-refractivity contribution is 6.23. The summed E-state index contributed by atoms with van der Waals surface area (Å²) in [5, 5.41) is 22.5. The largest absolute Gasteiger partial charge is 0.453 e. The van der Waals surface area contributed by atoms with E-state index in [1.807, 2.05) is 0 Å². The van der Waals surface area contributed by atoms with Crippen LogP contribution in [0.2, 0.25) is 0 Å². The van der Waals surface area contributed by atoms with Gasteiger partial charge in [-0.15, -0.1) is 0 Å². The molecule has 2 aromatic carbocycles. The van der Waals surface area contributed by atoms with Crippen LogP contribution in [0.5, 0.6) is 11.5 Å². The van der Waals surface area contributed by atoms with Gasteiger partial charge in [0, 0.05) is 43.1 Å². The van der Waals surface area contributed by atoms with E-state index in [9.17, 15) is 23.9 Å². The third-order valence-electron chi connectivity index (χ3n) is 6.77. The fourth-order valence-corrected chi connectivity index (χ4v) is 4.58. The van der Waals surface area contributed by atoms with E-state index >= 15 is 4.39 Å². The molecule has 1 aliphatic rings. The topological polar surface area (TPSA) is 153 Å². The Bertz CT molecular complexity index is 1680. The van der Waals surface area contributed by atoms with Gasteiger partial charge in [0.1, 0.15) is 22.9 Å². The fourth-order valence-electron chi connectivity index (χ4n) is 4.58.